The average molecular weight is 410 g/mol. The Morgan fingerprint density at radius 2 is 1.79 bits per heavy atom. The zero-order chi connectivity index (χ0) is 20.4. The first-order valence-electron chi connectivity index (χ1n) is 8.44. The molecule has 0 saturated heterocycles. The van der Waals surface area contributed by atoms with Crippen molar-refractivity contribution in [3.63, 3.8) is 0 Å². The third-order valence-corrected chi connectivity index (χ3v) is 4.99. The van der Waals surface area contributed by atoms with Crippen LogP contribution in [0.3, 0.4) is 0 Å². The van der Waals surface area contributed by atoms with Crippen molar-refractivity contribution >= 4 is 28.2 Å². The Hall–Kier alpha value is -3.65. The van der Waals surface area contributed by atoms with Crippen LogP contribution in [0.25, 0.3) is 11.3 Å². The van der Waals surface area contributed by atoms with Crippen LogP contribution in [0, 0.1) is 11.6 Å². The number of carbonyl (C=O) groups is 2. The van der Waals surface area contributed by atoms with Crippen molar-refractivity contribution in [2.45, 2.75) is 0 Å². The highest BCUT2D eigenvalue weighted by atomic mass is 32.1. The molecule has 2 aromatic carbocycles. The first-order valence-corrected chi connectivity index (χ1v) is 9.25. The van der Waals surface area contributed by atoms with E-state index in [1.54, 1.807) is 36.4 Å². The highest BCUT2D eigenvalue weighted by Gasteiger charge is 2.24. The second kappa shape index (κ2) is 7.76. The third-order valence-electron chi connectivity index (χ3n) is 4.02. The van der Waals surface area contributed by atoms with E-state index in [4.69, 9.17) is 4.42 Å². The molecule has 1 N–H and O–H groups in total. The number of benzene rings is 2. The fraction of sp³-hybridized carbons (Fsp3) is 0. The fourth-order valence-electron chi connectivity index (χ4n) is 2.68. The molecule has 0 saturated carbocycles. The van der Waals surface area contributed by atoms with Gasteiger partial charge in [0.25, 0.3) is 5.91 Å². The summed E-state index contributed by atoms with van der Waals surface area (Å²) in [5, 5.41) is 2.72. The van der Waals surface area contributed by atoms with Crippen molar-refractivity contribution in [3.05, 3.63) is 94.8 Å². The van der Waals surface area contributed by atoms with E-state index in [-0.39, 0.29) is 21.3 Å². The highest BCUT2D eigenvalue weighted by Crippen LogP contribution is 2.33. The summed E-state index contributed by atoms with van der Waals surface area (Å²) in [6.45, 7) is 0. The quantitative estimate of drug-likeness (QED) is 0.461. The van der Waals surface area contributed by atoms with E-state index in [1.807, 2.05) is 0 Å². The summed E-state index contributed by atoms with van der Waals surface area (Å²) in [4.78, 5) is 29.7. The number of anilines is 1. The minimum Gasteiger partial charge on any atom is -0.459 e. The van der Waals surface area contributed by atoms with Gasteiger partial charge in [-0.05, 0) is 24.3 Å². The summed E-state index contributed by atoms with van der Waals surface area (Å²) in [7, 11) is 0. The molecule has 4 rings (SSSR count). The lowest BCUT2D eigenvalue weighted by Crippen LogP contribution is -2.10. The minimum absolute atomic E-state index is 0.0823. The van der Waals surface area contributed by atoms with E-state index in [0.717, 1.165) is 23.5 Å². The van der Waals surface area contributed by atoms with Gasteiger partial charge in [-0.1, -0.05) is 41.7 Å². The Labute approximate surface area is 167 Å². The summed E-state index contributed by atoms with van der Waals surface area (Å²) in [5.41, 5.74) is 0.628. The van der Waals surface area contributed by atoms with E-state index in [0.29, 0.717) is 17.3 Å². The Bertz CT molecular complexity index is 1190. The van der Waals surface area contributed by atoms with Crippen LogP contribution in [0.2, 0.25) is 0 Å². The lowest BCUT2D eigenvalue weighted by atomic mass is 10.0. The molecule has 1 amide bonds. The molecule has 2 aromatic heterocycles. The number of thiazole rings is 1. The first-order chi connectivity index (χ1) is 14.0. The zero-order valence-corrected chi connectivity index (χ0v) is 15.5. The minimum atomic E-state index is -0.969. The van der Waals surface area contributed by atoms with Crippen LogP contribution in [0.4, 0.5) is 13.9 Å². The van der Waals surface area contributed by atoms with E-state index in [9.17, 15) is 18.4 Å². The number of hydrogen-bond acceptors (Lipinski definition) is 5. The number of ketones is 1. The van der Waals surface area contributed by atoms with E-state index < -0.39 is 23.3 Å². The molecule has 0 unspecified atom stereocenters. The molecule has 8 heteroatoms. The number of rotatable bonds is 5. The van der Waals surface area contributed by atoms with Crippen molar-refractivity contribution in [2.24, 2.45) is 0 Å². The summed E-state index contributed by atoms with van der Waals surface area (Å²) in [6, 6.07) is 14.6. The molecule has 0 aliphatic rings. The van der Waals surface area contributed by atoms with Gasteiger partial charge in [0.15, 0.2) is 10.9 Å². The zero-order valence-electron chi connectivity index (χ0n) is 14.7. The van der Waals surface area contributed by atoms with E-state index in [1.165, 1.54) is 12.3 Å². The molecule has 0 atom stereocenters. The van der Waals surface area contributed by atoms with E-state index in [2.05, 4.69) is 10.3 Å². The smallest absolute Gasteiger partial charge is 0.293 e. The maximum Gasteiger partial charge on any atom is 0.293 e. The van der Waals surface area contributed by atoms with Gasteiger partial charge in [0, 0.05) is 11.6 Å². The molecule has 4 aromatic rings. The summed E-state index contributed by atoms with van der Waals surface area (Å²) in [6.07, 6.45) is 1.36. The number of halogens is 2. The average Bonchev–Trinajstić information content (AvgIpc) is 3.38. The van der Waals surface area contributed by atoms with Crippen molar-refractivity contribution in [1.29, 1.82) is 0 Å². The molecule has 2 heterocycles. The topological polar surface area (TPSA) is 72.2 Å². The van der Waals surface area contributed by atoms with Crippen molar-refractivity contribution in [1.82, 2.24) is 4.98 Å². The number of furan rings is 1. The predicted molar refractivity (Wildman–Crippen MR) is 104 cm³/mol. The van der Waals surface area contributed by atoms with Gasteiger partial charge in [-0.3, -0.25) is 14.9 Å². The lowest BCUT2D eigenvalue weighted by molar-refractivity contribution is 0.0995. The van der Waals surface area contributed by atoms with Gasteiger partial charge in [-0.25, -0.2) is 13.8 Å². The largest absolute Gasteiger partial charge is 0.459 e. The number of aromatic nitrogens is 1. The molecule has 0 radical (unpaired) electrons. The summed E-state index contributed by atoms with van der Waals surface area (Å²) >= 11 is 0.901. The van der Waals surface area contributed by atoms with Crippen molar-refractivity contribution < 1.29 is 22.8 Å². The summed E-state index contributed by atoms with van der Waals surface area (Å²) < 4.78 is 32.4. The number of nitrogens with one attached hydrogen (secondary N) is 1. The molecule has 0 fully saturated rings. The van der Waals surface area contributed by atoms with Gasteiger partial charge in [0.1, 0.15) is 16.5 Å². The fourth-order valence-corrected chi connectivity index (χ4v) is 3.62. The highest BCUT2D eigenvalue weighted by molar-refractivity contribution is 7.18. The second-order valence-electron chi connectivity index (χ2n) is 5.95. The number of hydrogen-bond donors (Lipinski definition) is 1. The third kappa shape index (κ3) is 3.83. The number of nitrogens with zero attached hydrogens (tertiary/aromatic N) is 1. The van der Waals surface area contributed by atoms with Gasteiger partial charge in [0.2, 0.25) is 5.78 Å². The standard InChI is InChI=1S/C21H12F2N2O3S/c22-13-8-9-14(15(23)11-13)18(26)19-17(12-5-2-1-3-6-12)24-21(29-19)25-20(27)16-7-4-10-28-16/h1-11H,(H,24,25,27). The Kier molecular flexibility index (Phi) is 5.01. The Balaban J connectivity index is 1.76. The molecule has 144 valence electrons. The van der Waals surface area contributed by atoms with Crippen LogP contribution < -0.4 is 5.32 Å². The monoisotopic (exact) mass is 410 g/mol. The first kappa shape index (κ1) is 18.7. The van der Waals surface area contributed by atoms with Crippen LogP contribution in [0.5, 0.6) is 0 Å². The van der Waals surface area contributed by atoms with Crippen molar-refractivity contribution in [2.75, 3.05) is 5.32 Å². The van der Waals surface area contributed by atoms with Crippen LogP contribution in [-0.2, 0) is 0 Å². The summed E-state index contributed by atoms with van der Waals surface area (Å²) in [5.74, 6) is -2.85. The van der Waals surface area contributed by atoms with Gasteiger partial charge < -0.3 is 4.42 Å². The molecule has 0 spiro atoms. The SMILES string of the molecule is O=C(Nc1nc(-c2ccccc2)c(C(=O)c2ccc(F)cc2F)s1)c1ccco1. The van der Waals surface area contributed by atoms with Crippen LogP contribution in [0.1, 0.15) is 25.8 Å². The normalized spacial score (nSPS) is 10.7. The van der Waals surface area contributed by atoms with Gasteiger partial charge in [-0.2, -0.15) is 0 Å². The van der Waals surface area contributed by atoms with Gasteiger partial charge in [0.05, 0.1) is 17.5 Å². The van der Waals surface area contributed by atoms with E-state index >= 15 is 0 Å². The van der Waals surface area contributed by atoms with Gasteiger partial charge in [-0.15, -0.1) is 0 Å². The molecular weight excluding hydrogens is 398 g/mol. The van der Waals surface area contributed by atoms with Crippen LogP contribution >= 0.6 is 11.3 Å². The Morgan fingerprint density at radius 1 is 1.00 bits per heavy atom. The number of carbonyl (C=O) groups excluding carboxylic acids is 2. The predicted octanol–water partition coefficient (Wildman–Crippen LogP) is 5.16. The molecule has 0 aliphatic carbocycles. The lowest BCUT2D eigenvalue weighted by Gasteiger charge is -2.03. The molecule has 0 bridgehead atoms. The second-order valence-corrected chi connectivity index (χ2v) is 6.95. The Morgan fingerprint density at radius 3 is 2.48 bits per heavy atom. The van der Waals surface area contributed by atoms with Crippen molar-refractivity contribution in [3.8, 4) is 11.3 Å². The molecule has 5 nitrogen and oxygen atoms in total. The molecule has 29 heavy (non-hydrogen) atoms. The maximum atomic E-state index is 14.2. The van der Waals surface area contributed by atoms with Crippen LogP contribution in [0.15, 0.2) is 71.3 Å². The van der Waals surface area contributed by atoms with Crippen LogP contribution in [-0.4, -0.2) is 16.7 Å². The number of amides is 1. The van der Waals surface area contributed by atoms with Gasteiger partial charge >= 0.3 is 0 Å². The molecule has 0 aliphatic heterocycles. The molecular formula is C21H12F2N2O3S. The maximum absolute atomic E-state index is 14.2.